The minimum atomic E-state index is -0.133. The van der Waals surface area contributed by atoms with Crippen molar-refractivity contribution in [1.82, 2.24) is 0 Å². The molecule has 4 unspecified atom stereocenters. The van der Waals surface area contributed by atoms with E-state index in [9.17, 15) is 20.4 Å². The third-order valence-corrected chi connectivity index (χ3v) is 25.6. The zero-order valence-electron chi connectivity index (χ0n) is 81.3. The third-order valence-electron chi connectivity index (χ3n) is 25.6. The highest BCUT2D eigenvalue weighted by Crippen LogP contribution is 2.47. The molecule has 0 amide bonds. The zero-order valence-corrected chi connectivity index (χ0v) is 81.3. The Kier molecular flexibility index (Phi) is 72.1. The molecule has 0 fully saturated rings. The summed E-state index contributed by atoms with van der Waals surface area (Å²) in [6, 6.07) is 7.36. The Bertz CT molecular complexity index is 4340. The molecule has 4 aliphatic heterocycles. The van der Waals surface area contributed by atoms with E-state index in [2.05, 4.69) is 225 Å². The summed E-state index contributed by atoms with van der Waals surface area (Å²) in [5.41, 5.74) is 29.7. The van der Waals surface area contributed by atoms with E-state index in [1.807, 2.05) is 59.7 Å². The van der Waals surface area contributed by atoms with E-state index in [1.54, 1.807) is 6.07 Å². The number of phenolic OH excluding ortho intramolecular Hbond substituents is 4. The fourth-order valence-electron chi connectivity index (χ4n) is 16.7. The highest BCUT2D eigenvalue weighted by molar-refractivity contribution is 5.59. The lowest BCUT2D eigenvalue weighted by Crippen LogP contribution is -2.37. The van der Waals surface area contributed by atoms with Gasteiger partial charge in [0.25, 0.3) is 0 Å². The fourth-order valence-corrected chi connectivity index (χ4v) is 16.7. The van der Waals surface area contributed by atoms with Crippen LogP contribution in [0.25, 0.3) is 0 Å². The van der Waals surface area contributed by atoms with Crippen molar-refractivity contribution >= 4 is 0 Å². The number of rotatable bonds is 36. The highest BCUT2D eigenvalue weighted by Gasteiger charge is 2.37. The van der Waals surface area contributed by atoms with Gasteiger partial charge in [-0.2, -0.15) is 0 Å². The lowest BCUT2D eigenvalue weighted by molar-refractivity contribution is 0.0556. The Morgan fingerprint density at radius 1 is 0.258 bits per heavy atom. The van der Waals surface area contributed by atoms with Gasteiger partial charge in [-0.1, -0.05) is 229 Å². The number of aromatic hydroxyl groups is 4. The molecule has 4 aromatic carbocycles. The number of hydrogen-bond acceptors (Lipinski definition) is 8. The SMILES string of the molecule is C.C.C.C.C.C.C.C.C.C.C.C.CC(C)=CCCC(C)=CCCC(C)=CCCC1(C)CCc2c(C)c(O)c(C)c(C)c2O1.CC(C)=CCCC(C)=CCCC(C)=CCCC1(C)CCc2c(C)c(O)cc(C)c2O1.CC(C)=CCCC(C)=CCCC(C)=CCCC1(C)CCc2cc(O)c(C)c(C)c2O1.CC(C)=CCCC(C)=CCCC(C)=CCCC1(C)CCc2cc(O)cc(C)c2O1. The average Bonchev–Trinajstić information content (AvgIpc) is 0.760. The van der Waals surface area contributed by atoms with Crippen LogP contribution in [0.4, 0.5) is 0 Å². The number of phenols is 4. The van der Waals surface area contributed by atoms with Crippen molar-refractivity contribution in [3.05, 3.63) is 231 Å². The Morgan fingerprint density at radius 2 is 0.500 bits per heavy atom. The van der Waals surface area contributed by atoms with Gasteiger partial charge in [-0.15, -0.1) is 0 Å². The maximum absolute atomic E-state index is 10.4. The van der Waals surface area contributed by atoms with E-state index in [0.29, 0.717) is 23.0 Å². The summed E-state index contributed by atoms with van der Waals surface area (Å²) < 4.78 is 25.9. The molecule has 4 atom stereocenters. The largest absolute Gasteiger partial charge is 0.508 e. The molecule has 0 saturated carbocycles. The lowest BCUT2D eigenvalue weighted by Gasteiger charge is -2.38. The fraction of sp³-hybridized carbons (Fsp3) is 0.613. The second-order valence-corrected chi connectivity index (χ2v) is 38.8. The molecule has 4 heterocycles. The normalized spacial score (nSPS) is 17.5. The highest BCUT2D eigenvalue weighted by atomic mass is 16.5. The maximum atomic E-state index is 10.4. The van der Waals surface area contributed by atoms with Gasteiger partial charge < -0.3 is 39.4 Å². The van der Waals surface area contributed by atoms with Crippen molar-refractivity contribution in [2.24, 2.45) is 0 Å². The summed E-state index contributed by atoms with van der Waals surface area (Å²) in [6.45, 7) is 60.4. The molecule has 0 radical (unpaired) electrons. The van der Waals surface area contributed by atoms with Crippen molar-refractivity contribution in [3.63, 3.8) is 0 Å². The van der Waals surface area contributed by atoms with Gasteiger partial charge in [-0.3, -0.25) is 0 Å². The summed E-state index contributed by atoms with van der Waals surface area (Å²) in [6.07, 6.45) is 63.1. The van der Waals surface area contributed by atoms with Crippen molar-refractivity contribution in [2.75, 3.05) is 0 Å². The van der Waals surface area contributed by atoms with Crippen molar-refractivity contribution in [1.29, 1.82) is 0 Å². The van der Waals surface area contributed by atoms with Gasteiger partial charge in [0.1, 0.15) is 68.4 Å². The molecule has 132 heavy (non-hydrogen) atoms. The Morgan fingerprint density at radius 3 is 0.818 bits per heavy atom. The molecule has 0 spiro atoms. The van der Waals surface area contributed by atoms with Crippen LogP contribution in [0.1, 0.15) is 474 Å². The molecular formula is C124H216O8. The Balaban J connectivity index is -0.000000251. The van der Waals surface area contributed by atoms with E-state index in [-0.39, 0.29) is 112 Å². The topological polar surface area (TPSA) is 118 Å². The van der Waals surface area contributed by atoms with E-state index < -0.39 is 0 Å². The van der Waals surface area contributed by atoms with E-state index in [0.717, 1.165) is 258 Å². The molecule has 0 aromatic heterocycles. The van der Waals surface area contributed by atoms with E-state index >= 15 is 0 Å². The van der Waals surface area contributed by atoms with Crippen LogP contribution in [0.3, 0.4) is 0 Å². The van der Waals surface area contributed by atoms with Crippen LogP contribution in [0.15, 0.2) is 164 Å². The standard InChI is InChI=1S/C29H44O2.2C28H42O2.C27H40O2.12CH4/c1-20(2)12-9-13-21(3)14-10-15-22(4)16-11-18-29(8)19-17-26-25(7)27(30)23(5)24(6)28(26)31-29;1-20(2)11-8-12-21(3)13-9-14-22(4)15-10-17-28(7)18-16-25-19-26(29)23(5)24(6)27(25)30-28;1-20(2)11-8-12-21(3)13-9-14-22(4)15-10-17-28(7)18-16-25-24(6)26(29)19-23(5)27(25)30-28;1-20(2)10-7-11-21(3)12-8-13-22(4)14-9-16-27(6)17-15-24-19-25(28)18-23(5)26(24)29-27;;;;;;;;;;;;/h12,14,16,30H,9-11,13,15,17-19H2,1-8H3;2*11,13,15,19,29H,8-10,12,14,16-18H2,1-7H3;10,12,14,18-19,28H,7-9,11,13,15-17H2,1-6H3;12*1H4. The molecule has 4 aromatic rings. The summed E-state index contributed by atoms with van der Waals surface area (Å²) in [7, 11) is 0. The first-order valence-electron chi connectivity index (χ1n) is 46.3. The van der Waals surface area contributed by atoms with Crippen LogP contribution in [0.5, 0.6) is 46.0 Å². The number of allylic oxidation sites excluding steroid dienone is 24. The van der Waals surface area contributed by atoms with Gasteiger partial charge in [0.15, 0.2) is 0 Å². The minimum absolute atomic E-state index is 0. The van der Waals surface area contributed by atoms with Crippen LogP contribution in [-0.2, 0) is 25.7 Å². The quantitative estimate of drug-likeness (QED) is 0.0333. The average molecular weight is 1840 g/mol. The molecule has 4 aliphatic rings. The van der Waals surface area contributed by atoms with Crippen LogP contribution >= 0.6 is 0 Å². The van der Waals surface area contributed by atoms with E-state index in [4.69, 9.17) is 18.9 Å². The van der Waals surface area contributed by atoms with Gasteiger partial charge in [0.2, 0.25) is 0 Å². The van der Waals surface area contributed by atoms with Gasteiger partial charge in [-0.25, -0.2) is 0 Å². The first kappa shape index (κ1) is 140. The molecule has 8 rings (SSSR count). The first-order chi connectivity index (χ1) is 56.4. The van der Waals surface area contributed by atoms with Crippen molar-refractivity contribution in [2.45, 2.75) is 511 Å². The molecule has 0 aliphatic carbocycles. The second-order valence-electron chi connectivity index (χ2n) is 38.8. The monoisotopic (exact) mass is 1830 g/mol. The minimum Gasteiger partial charge on any atom is -0.508 e. The molecule has 760 valence electrons. The molecule has 0 saturated heterocycles. The summed E-state index contributed by atoms with van der Waals surface area (Å²) in [4.78, 5) is 0. The van der Waals surface area contributed by atoms with Gasteiger partial charge >= 0.3 is 0 Å². The van der Waals surface area contributed by atoms with Gasteiger partial charge in [0.05, 0.1) is 0 Å². The molecular weight excluding hydrogens is 1620 g/mol. The zero-order chi connectivity index (χ0) is 89.2. The van der Waals surface area contributed by atoms with Crippen molar-refractivity contribution < 1.29 is 39.4 Å². The van der Waals surface area contributed by atoms with Crippen LogP contribution < -0.4 is 18.9 Å². The maximum Gasteiger partial charge on any atom is 0.127 e. The van der Waals surface area contributed by atoms with Gasteiger partial charge in [0, 0.05) is 11.1 Å². The lowest BCUT2D eigenvalue weighted by atomic mass is 9.85. The molecule has 0 bridgehead atoms. The predicted octanol–water partition coefficient (Wildman–Crippen LogP) is 40.8. The number of hydrogen-bond donors (Lipinski definition) is 4. The molecule has 8 heteroatoms. The van der Waals surface area contributed by atoms with Crippen LogP contribution in [0.2, 0.25) is 0 Å². The Labute approximate surface area is 822 Å². The number of aryl methyl sites for hydroxylation is 4. The first-order valence-corrected chi connectivity index (χ1v) is 46.3. The number of benzene rings is 4. The van der Waals surface area contributed by atoms with Crippen LogP contribution in [-0.4, -0.2) is 42.8 Å². The van der Waals surface area contributed by atoms with Gasteiger partial charge in [-0.05, 0) is 479 Å². The number of ether oxygens (including phenoxy) is 4. The van der Waals surface area contributed by atoms with Crippen molar-refractivity contribution in [3.8, 4) is 46.0 Å². The molecule has 4 N–H and O–H groups in total. The smallest absolute Gasteiger partial charge is 0.127 e. The van der Waals surface area contributed by atoms with Crippen LogP contribution in [0, 0.1) is 55.4 Å². The summed E-state index contributed by atoms with van der Waals surface area (Å²) >= 11 is 0. The second kappa shape index (κ2) is 68.2. The number of fused-ring (bicyclic) bond motifs is 4. The summed E-state index contributed by atoms with van der Waals surface area (Å²) in [5, 5.41) is 40.4. The molecule has 8 nitrogen and oxygen atoms in total. The Hall–Kier alpha value is -7.84. The summed E-state index contributed by atoms with van der Waals surface area (Å²) in [5.74, 6) is 5.52. The van der Waals surface area contributed by atoms with E-state index in [1.165, 1.54) is 104 Å². The predicted molar refractivity (Wildman–Crippen MR) is 599 cm³/mol. The third kappa shape index (κ3) is 48.6.